The number of benzene rings is 2. The molecule has 4 rings (SSSR count). The highest BCUT2D eigenvalue weighted by atomic mass is 19.4. The fourth-order valence-electron chi connectivity index (χ4n) is 4.25. The van der Waals surface area contributed by atoms with Crippen molar-refractivity contribution in [2.24, 2.45) is 5.92 Å². The first kappa shape index (κ1) is 24.3. The largest absolute Gasteiger partial charge is 0.407 e. The molecule has 0 unspecified atom stereocenters. The van der Waals surface area contributed by atoms with E-state index in [1.54, 1.807) is 12.1 Å². The van der Waals surface area contributed by atoms with E-state index in [0.717, 1.165) is 11.1 Å². The predicted molar refractivity (Wildman–Crippen MR) is 125 cm³/mol. The van der Waals surface area contributed by atoms with Crippen LogP contribution in [0.3, 0.4) is 0 Å². The molecule has 2 aromatic rings. The van der Waals surface area contributed by atoms with Crippen LogP contribution in [0.1, 0.15) is 69.0 Å². The van der Waals surface area contributed by atoms with Crippen molar-refractivity contribution < 1.29 is 18.0 Å². The summed E-state index contributed by atoms with van der Waals surface area (Å²) in [4.78, 5) is 12.8. The van der Waals surface area contributed by atoms with Crippen molar-refractivity contribution in [3.63, 3.8) is 0 Å². The standard InChI is InChI=1S/C27H30F3N3O/c1-17(2)15-23(25(34)33-26(16-31)13-14-26)32-24(27(28,29)30)22-11-9-21(10-12-22)20-7-5-19(6-8-20)18-3-4-18/h5-12,17-18,23-24,32H,3-4,13-15H2,1-2H3,(H,33,34)/t23-,24-/m0/s1. The third-order valence-electron chi connectivity index (χ3n) is 6.58. The molecule has 2 aromatic carbocycles. The molecular weight excluding hydrogens is 439 g/mol. The van der Waals surface area contributed by atoms with Gasteiger partial charge in [-0.2, -0.15) is 18.4 Å². The van der Waals surface area contributed by atoms with E-state index in [2.05, 4.69) is 28.8 Å². The van der Waals surface area contributed by atoms with Gasteiger partial charge in [-0.15, -0.1) is 0 Å². The van der Waals surface area contributed by atoms with Gasteiger partial charge in [0.1, 0.15) is 11.6 Å². The molecule has 0 bridgehead atoms. The van der Waals surface area contributed by atoms with Gasteiger partial charge in [0.25, 0.3) is 0 Å². The maximum atomic E-state index is 14.1. The van der Waals surface area contributed by atoms with Crippen molar-refractivity contribution in [2.45, 2.75) is 75.7 Å². The second-order valence-corrected chi connectivity index (χ2v) is 10.0. The number of nitrogens with zero attached hydrogens (tertiary/aromatic N) is 1. The van der Waals surface area contributed by atoms with Gasteiger partial charge in [-0.1, -0.05) is 62.4 Å². The first-order valence-electron chi connectivity index (χ1n) is 11.9. The van der Waals surface area contributed by atoms with Crippen molar-refractivity contribution in [3.05, 3.63) is 59.7 Å². The summed E-state index contributed by atoms with van der Waals surface area (Å²) in [5, 5.41) is 14.5. The maximum Gasteiger partial charge on any atom is 0.407 e. The highest BCUT2D eigenvalue weighted by Crippen LogP contribution is 2.41. The van der Waals surface area contributed by atoms with Crippen LogP contribution in [0.15, 0.2) is 48.5 Å². The fourth-order valence-corrected chi connectivity index (χ4v) is 4.25. The quantitative estimate of drug-likeness (QED) is 0.473. The molecule has 180 valence electrons. The molecule has 0 heterocycles. The van der Waals surface area contributed by atoms with E-state index in [0.29, 0.717) is 18.8 Å². The number of nitrogens with one attached hydrogen (secondary N) is 2. The number of hydrogen-bond donors (Lipinski definition) is 2. The number of alkyl halides is 3. The average molecular weight is 470 g/mol. The van der Waals surface area contributed by atoms with Crippen LogP contribution in [0.5, 0.6) is 0 Å². The van der Waals surface area contributed by atoms with Crippen LogP contribution in [0.2, 0.25) is 0 Å². The zero-order valence-electron chi connectivity index (χ0n) is 19.5. The van der Waals surface area contributed by atoms with E-state index in [1.165, 1.54) is 30.5 Å². The molecule has 2 atom stereocenters. The van der Waals surface area contributed by atoms with E-state index in [9.17, 15) is 23.2 Å². The van der Waals surface area contributed by atoms with E-state index in [1.807, 2.05) is 26.0 Å². The first-order valence-corrected chi connectivity index (χ1v) is 11.9. The van der Waals surface area contributed by atoms with Gasteiger partial charge in [0, 0.05) is 0 Å². The summed E-state index contributed by atoms with van der Waals surface area (Å²) in [6.45, 7) is 3.70. The van der Waals surface area contributed by atoms with E-state index in [4.69, 9.17) is 0 Å². The number of carbonyl (C=O) groups excluding carboxylic acids is 1. The number of rotatable bonds is 9. The normalized spacial score (nSPS) is 18.7. The minimum Gasteiger partial charge on any atom is -0.336 e. The molecule has 0 aromatic heterocycles. The van der Waals surface area contributed by atoms with Gasteiger partial charge in [0.2, 0.25) is 5.91 Å². The molecule has 0 saturated heterocycles. The summed E-state index contributed by atoms with van der Waals surface area (Å²) in [6.07, 6.45) is -0.883. The van der Waals surface area contributed by atoms with Crippen LogP contribution in [0.4, 0.5) is 13.2 Å². The topological polar surface area (TPSA) is 64.9 Å². The molecule has 0 spiro atoms. The molecule has 2 aliphatic rings. The predicted octanol–water partition coefficient (Wildman–Crippen LogP) is 6.01. The lowest BCUT2D eigenvalue weighted by atomic mass is 9.97. The summed E-state index contributed by atoms with van der Waals surface area (Å²) in [7, 11) is 0. The Morgan fingerprint density at radius 3 is 2.06 bits per heavy atom. The monoisotopic (exact) mass is 469 g/mol. The molecule has 0 radical (unpaired) electrons. The van der Waals surface area contributed by atoms with Crippen molar-refractivity contribution in [1.82, 2.24) is 10.6 Å². The summed E-state index contributed by atoms with van der Waals surface area (Å²) in [5.41, 5.74) is 2.22. The summed E-state index contributed by atoms with van der Waals surface area (Å²) in [6, 6.07) is 13.5. The smallest absolute Gasteiger partial charge is 0.336 e. The van der Waals surface area contributed by atoms with Gasteiger partial charge in [-0.3, -0.25) is 10.1 Å². The summed E-state index contributed by atoms with van der Waals surface area (Å²) < 4.78 is 42.3. The van der Waals surface area contributed by atoms with Gasteiger partial charge in [0.15, 0.2) is 0 Å². The highest BCUT2D eigenvalue weighted by molar-refractivity contribution is 5.83. The Kier molecular flexibility index (Phi) is 6.73. The van der Waals surface area contributed by atoms with Crippen LogP contribution in [0.25, 0.3) is 11.1 Å². The van der Waals surface area contributed by atoms with Gasteiger partial charge in [0.05, 0.1) is 12.1 Å². The number of hydrogen-bond acceptors (Lipinski definition) is 3. The van der Waals surface area contributed by atoms with Gasteiger partial charge in [-0.25, -0.2) is 0 Å². The van der Waals surface area contributed by atoms with Gasteiger partial charge < -0.3 is 5.32 Å². The van der Waals surface area contributed by atoms with Crippen molar-refractivity contribution >= 4 is 5.91 Å². The Labute approximate surface area is 198 Å². The van der Waals surface area contributed by atoms with E-state index < -0.39 is 29.7 Å². The first-order chi connectivity index (χ1) is 16.1. The van der Waals surface area contributed by atoms with Crippen molar-refractivity contribution in [2.75, 3.05) is 0 Å². The minimum absolute atomic E-state index is 0.00430. The molecule has 2 N–H and O–H groups in total. The third-order valence-corrected chi connectivity index (χ3v) is 6.58. The second-order valence-electron chi connectivity index (χ2n) is 10.0. The summed E-state index contributed by atoms with van der Waals surface area (Å²) >= 11 is 0. The Hall–Kier alpha value is -2.85. The molecule has 1 amide bonds. The lowest BCUT2D eigenvalue weighted by Crippen LogP contribution is -2.52. The van der Waals surface area contributed by atoms with Crippen molar-refractivity contribution in [3.8, 4) is 17.2 Å². The lowest BCUT2D eigenvalue weighted by molar-refractivity contribution is -0.161. The lowest BCUT2D eigenvalue weighted by Gasteiger charge is -2.29. The Morgan fingerprint density at radius 2 is 1.62 bits per heavy atom. The summed E-state index contributed by atoms with van der Waals surface area (Å²) in [5.74, 6) is 0.0821. The number of amides is 1. The molecule has 2 fully saturated rings. The molecule has 2 saturated carbocycles. The maximum absolute atomic E-state index is 14.1. The molecular formula is C27H30F3N3O. The molecule has 2 aliphatic carbocycles. The zero-order valence-corrected chi connectivity index (χ0v) is 19.5. The SMILES string of the molecule is CC(C)C[C@H](N[C@@H](c1ccc(-c2ccc(C3CC3)cc2)cc1)C(F)(F)F)C(=O)NC1(C#N)CC1. The van der Waals surface area contributed by atoms with Crippen LogP contribution in [0, 0.1) is 17.2 Å². The van der Waals surface area contributed by atoms with Gasteiger partial charge >= 0.3 is 6.18 Å². The third kappa shape index (κ3) is 5.79. The van der Waals surface area contributed by atoms with E-state index in [-0.39, 0.29) is 17.9 Å². The Bertz CT molecular complexity index is 1050. The highest BCUT2D eigenvalue weighted by Gasteiger charge is 2.47. The molecule has 7 heteroatoms. The van der Waals surface area contributed by atoms with Crippen molar-refractivity contribution in [1.29, 1.82) is 5.26 Å². The Morgan fingerprint density at radius 1 is 1.06 bits per heavy atom. The molecule has 4 nitrogen and oxygen atoms in total. The number of nitriles is 1. The Balaban J connectivity index is 1.52. The molecule has 0 aliphatic heterocycles. The van der Waals surface area contributed by atoms with Gasteiger partial charge in [-0.05, 0) is 66.2 Å². The van der Waals surface area contributed by atoms with E-state index >= 15 is 0 Å². The van der Waals surface area contributed by atoms with Crippen LogP contribution >= 0.6 is 0 Å². The van der Waals surface area contributed by atoms with Crippen LogP contribution in [-0.4, -0.2) is 23.7 Å². The number of carbonyl (C=O) groups is 1. The average Bonchev–Trinajstić information content (AvgIpc) is 3.71. The van der Waals surface area contributed by atoms with Crippen LogP contribution in [-0.2, 0) is 4.79 Å². The zero-order chi connectivity index (χ0) is 24.5. The second kappa shape index (κ2) is 9.42. The minimum atomic E-state index is -4.59. The number of halogens is 3. The molecule has 34 heavy (non-hydrogen) atoms. The fraction of sp³-hybridized carbons (Fsp3) is 0.481. The van der Waals surface area contributed by atoms with Crippen LogP contribution < -0.4 is 10.6 Å².